The zero-order valence-corrected chi connectivity index (χ0v) is 16.6. The van der Waals surface area contributed by atoms with Gasteiger partial charge in [0.05, 0.1) is 12.8 Å². The molecule has 0 radical (unpaired) electrons. The molecule has 1 amide bonds. The van der Waals surface area contributed by atoms with Crippen molar-refractivity contribution in [3.8, 4) is 5.75 Å². The fourth-order valence-electron chi connectivity index (χ4n) is 3.53. The van der Waals surface area contributed by atoms with Crippen molar-refractivity contribution in [2.45, 2.75) is 40.3 Å². The van der Waals surface area contributed by atoms with Crippen LogP contribution >= 0.6 is 0 Å². The highest BCUT2D eigenvalue weighted by Crippen LogP contribution is 2.20. The molecule has 0 aliphatic carbocycles. The van der Waals surface area contributed by atoms with Gasteiger partial charge in [-0.3, -0.25) is 14.4 Å². The average molecular weight is 370 g/mol. The molecule has 1 aromatic carbocycles. The van der Waals surface area contributed by atoms with Crippen molar-refractivity contribution < 1.29 is 9.53 Å². The van der Waals surface area contributed by atoms with Crippen LogP contribution in [-0.4, -0.2) is 58.3 Å². The number of carbonyl (C=O) groups is 1. The van der Waals surface area contributed by atoms with Crippen LogP contribution in [0.25, 0.3) is 0 Å². The van der Waals surface area contributed by atoms with Crippen molar-refractivity contribution in [1.82, 2.24) is 19.6 Å². The number of hydrogen-bond donors (Lipinski definition) is 0. The van der Waals surface area contributed by atoms with Gasteiger partial charge in [-0.15, -0.1) is 0 Å². The molecule has 0 N–H and O–H groups in total. The molecule has 0 atom stereocenters. The molecular weight excluding hydrogens is 340 g/mol. The molecule has 1 fully saturated rings. The predicted octanol–water partition coefficient (Wildman–Crippen LogP) is 2.96. The zero-order valence-electron chi connectivity index (χ0n) is 16.6. The van der Waals surface area contributed by atoms with Gasteiger partial charge in [-0.05, 0) is 51.0 Å². The predicted molar refractivity (Wildman–Crippen MR) is 106 cm³/mol. The van der Waals surface area contributed by atoms with E-state index in [1.54, 1.807) is 0 Å². The lowest BCUT2D eigenvalue weighted by Crippen LogP contribution is -2.35. The summed E-state index contributed by atoms with van der Waals surface area (Å²) in [6.07, 6.45) is 5.04. The Hall–Kier alpha value is -2.34. The van der Waals surface area contributed by atoms with Gasteiger partial charge in [-0.25, -0.2) is 0 Å². The van der Waals surface area contributed by atoms with E-state index in [0.717, 1.165) is 62.6 Å². The van der Waals surface area contributed by atoms with Gasteiger partial charge < -0.3 is 9.64 Å². The third-order valence-corrected chi connectivity index (χ3v) is 5.01. The molecule has 3 rings (SSSR count). The van der Waals surface area contributed by atoms with E-state index in [-0.39, 0.29) is 5.91 Å². The number of amides is 1. The van der Waals surface area contributed by atoms with Crippen LogP contribution in [0, 0.1) is 6.92 Å². The largest absolute Gasteiger partial charge is 0.494 e. The lowest BCUT2D eigenvalue weighted by molar-refractivity contribution is 0.0761. The summed E-state index contributed by atoms with van der Waals surface area (Å²) in [6, 6.07) is 5.72. The van der Waals surface area contributed by atoms with E-state index in [1.165, 1.54) is 5.56 Å². The third-order valence-electron chi connectivity index (χ3n) is 5.01. The fraction of sp³-hybridized carbons (Fsp3) is 0.524. The molecule has 146 valence electrons. The van der Waals surface area contributed by atoms with Crippen molar-refractivity contribution in [2.75, 3.05) is 32.8 Å². The zero-order chi connectivity index (χ0) is 19.2. The summed E-state index contributed by atoms with van der Waals surface area (Å²) in [6.45, 7) is 11.9. The molecular formula is C21H30N4O2. The van der Waals surface area contributed by atoms with Crippen LogP contribution in [0.15, 0.2) is 30.6 Å². The summed E-state index contributed by atoms with van der Waals surface area (Å²) in [7, 11) is 0. The van der Waals surface area contributed by atoms with Gasteiger partial charge in [0.25, 0.3) is 5.91 Å². The minimum absolute atomic E-state index is 0.113. The van der Waals surface area contributed by atoms with Crippen LogP contribution in [0.4, 0.5) is 0 Å². The van der Waals surface area contributed by atoms with E-state index in [1.807, 2.05) is 47.8 Å². The first-order valence-electron chi connectivity index (χ1n) is 9.87. The second kappa shape index (κ2) is 9.04. The van der Waals surface area contributed by atoms with Crippen molar-refractivity contribution in [3.05, 3.63) is 47.3 Å². The van der Waals surface area contributed by atoms with E-state index in [2.05, 4.69) is 23.1 Å². The summed E-state index contributed by atoms with van der Waals surface area (Å²) in [5.74, 6) is 0.963. The maximum Gasteiger partial charge on any atom is 0.253 e. The molecule has 27 heavy (non-hydrogen) atoms. The van der Waals surface area contributed by atoms with Gasteiger partial charge in [0.1, 0.15) is 5.75 Å². The fourth-order valence-corrected chi connectivity index (χ4v) is 3.53. The quantitative estimate of drug-likeness (QED) is 0.784. The minimum Gasteiger partial charge on any atom is -0.494 e. The van der Waals surface area contributed by atoms with E-state index in [0.29, 0.717) is 6.61 Å². The number of nitrogens with zero attached hydrogens (tertiary/aromatic N) is 4. The summed E-state index contributed by atoms with van der Waals surface area (Å²) in [5.41, 5.74) is 2.99. The van der Waals surface area contributed by atoms with Gasteiger partial charge >= 0.3 is 0 Å². The van der Waals surface area contributed by atoms with Gasteiger partial charge in [0, 0.05) is 56.6 Å². The number of aromatic nitrogens is 2. The highest BCUT2D eigenvalue weighted by Gasteiger charge is 2.21. The summed E-state index contributed by atoms with van der Waals surface area (Å²) >= 11 is 0. The Morgan fingerprint density at radius 2 is 2.04 bits per heavy atom. The van der Waals surface area contributed by atoms with Crippen LogP contribution in [0.1, 0.15) is 41.8 Å². The molecule has 2 aromatic rings. The molecule has 1 aromatic heterocycles. The maximum absolute atomic E-state index is 12.9. The Kier molecular flexibility index (Phi) is 6.50. The van der Waals surface area contributed by atoms with Gasteiger partial charge in [0.15, 0.2) is 0 Å². The van der Waals surface area contributed by atoms with Gasteiger partial charge in [-0.2, -0.15) is 5.10 Å². The molecule has 6 nitrogen and oxygen atoms in total. The van der Waals surface area contributed by atoms with E-state index < -0.39 is 0 Å². The minimum atomic E-state index is 0.113. The molecule has 1 saturated heterocycles. The number of ether oxygens (including phenoxy) is 1. The first-order chi connectivity index (χ1) is 13.1. The average Bonchev–Trinajstić information content (AvgIpc) is 3.00. The van der Waals surface area contributed by atoms with Crippen molar-refractivity contribution in [1.29, 1.82) is 0 Å². The molecule has 0 bridgehead atoms. The summed E-state index contributed by atoms with van der Waals surface area (Å²) < 4.78 is 7.53. The van der Waals surface area contributed by atoms with Crippen LogP contribution in [0.2, 0.25) is 0 Å². The second-order valence-electron chi connectivity index (χ2n) is 7.04. The topological polar surface area (TPSA) is 50.6 Å². The highest BCUT2D eigenvalue weighted by atomic mass is 16.5. The Morgan fingerprint density at radius 1 is 1.19 bits per heavy atom. The third kappa shape index (κ3) is 4.89. The lowest BCUT2D eigenvalue weighted by Gasteiger charge is -2.22. The molecule has 0 saturated carbocycles. The van der Waals surface area contributed by atoms with Gasteiger partial charge in [0.2, 0.25) is 0 Å². The molecule has 2 heterocycles. The monoisotopic (exact) mass is 370 g/mol. The summed E-state index contributed by atoms with van der Waals surface area (Å²) in [5, 5.41) is 4.35. The summed E-state index contributed by atoms with van der Waals surface area (Å²) in [4.78, 5) is 17.3. The maximum atomic E-state index is 12.9. The van der Waals surface area contributed by atoms with Crippen LogP contribution in [0.3, 0.4) is 0 Å². The Labute approximate surface area is 161 Å². The standard InChI is InChI=1S/C21H30N4O2/c1-4-25-16-18(14-22-25)15-23-9-6-10-24(12-11-23)21(26)19-7-8-20(27-5-2)17(3)13-19/h7-8,13-14,16H,4-6,9-12,15H2,1-3H3. The van der Waals surface area contributed by atoms with Gasteiger partial charge in [-0.1, -0.05) is 0 Å². The molecule has 0 unspecified atom stereocenters. The number of carbonyl (C=O) groups excluding carboxylic acids is 1. The first kappa shape index (κ1) is 19.4. The molecule has 0 spiro atoms. The Morgan fingerprint density at radius 3 is 2.74 bits per heavy atom. The Balaban J connectivity index is 1.60. The second-order valence-corrected chi connectivity index (χ2v) is 7.04. The normalized spacial score (nSPS) is 15.6. The SMILES string of the molecule is CCOc1ccc(C(=O)N2CCCN(Cc3cnn(CC)c3)CC2)cc1C. The number of hydrogen-bond acceptors (Lipinski definition) is 4. The van der Waals surface area contributed by atoms with Crippen LogP contribution in [0.5, 0.6) is 5.75 Å². The van der Waals surface area contributed by atoms with E-state index in [4.69, 9.17) is 4.74 Å². The van der Waals surface area contributed by atoms with Crippen LogP contribution in [-0.2, 0) is 13.1 Å². The lowest BCUT2D eigenvalue weighted by atomic mass is 10.1. The molecule has 6 heteroatoms. The van der Waals surface area contributed by atoms with E-state index >= 15 is 0 Å². The first-order valence-corrected chi connectivity index (χ1v) is 9.87. The number of aryl methyl sites for hydroxylation is 2. The molecule has 1 aliphatic rings. The number of benzene rings is 1. The Bertz CT molecular complexity index is 771. The van der Waals surface area contributed by atoms with E-state index in [9.17, 15) is 4.79 Å². The van der Waals surface area contributed by atoms with Crippen molar-refractivity contribution in [3.63, 3.8) is 0 Å². The van der Waals surface area contributed by atoms with Crippen molar-refractivity contribution in [2.24, 2.45) is 0 Å². The highest BCUT2D eigenvalue weighted by molar-refractivity contribution is 5.94. The van der Waals surface area contributed by atoms with Crippen molar-refractivity contribution >= 4 is 5.91 Å². The smallest absolute Gasteiger partial charge is 0.253 e. The van der Waals surface area contributed by atoms with Crippen LogP contribution < -0.4 is 4.74 Å². The number of rotatable bonds is 6. The molecule has 1 aliphatic heterocycles.